The van der Waals surface area contributed by atoms with Crippen molar-refractivity contribution in [2.75, 3.05) is 31.4 Å². The number of carbonyl (C=O) groups excluding carboxylic acids is 1. The Hall–Kier alpha value is -1.75. The second kappa shape index (κ2) is 7.55. The Kier molecular flexibility index (Phi) is 6.00. The van der Waals surface area contributed by atoms with E-state index in [1.165, 1.54) is 0 Å². The van der Waals surface area contributed by atoms with Gasteiger partial charge in [0.05, 0.1) is 0 Å². The summed E-state index contributed by atoms with van der Waals surface area (Å²) in [4.78, 5) is 11.1. The fourth-order valence-electron chi connectivity index (χ4n) is 1.49. The summed E-state index contributed by atoms with van der Waals surface area (Å²) in [6, 6.07) is 7.73. The molecule has 5 heteroatoms. The van der Waals surface area contributed by atoms with Gasteiger partial charge in [0.1, 0.15) is 0 Å². The monoisotopic (exact) mass is 251 g/mol. The average molecular weight is 251 g/mol. The molecule has 0 fully saturated rings. The number of hydrogen-bond acceptors (Lipinski definition) is 3. The Labute approximate surface area is 108 Å². The summed E-state index contributed by atoms with van der Waals surface area (Å²) < 4.78 is 5.03. The predicted octanol–water partition coefficient (Wildman–Crippen LogP) is 2.27. The first-order valence-electron chi connectivity index (χ1n) is 6.00. The molecule has 5 nitrogen and oxygen atoms in total. The molecular weight excluding hydrogens is 230 g/mol. The Morgan fingerprint density at radius 2 is 1.89 bits per heavy atom. The van der Waals surface area contributed by atoms with E-state index < -0.39 is 0 Å². The van der Waals surface area contributed by atoms with Gasteiger partial charge in [-0.2, -0.15) is 0 Å². The molecule has 1 unspecified atom stereocenters. The molecule has 3 N–H and O–H groups in total. The first kappa shape index (κ1) is 14.3. The highest BCUT2D eigenvalue weighted by Gasteiger charge is 2.02. The third-order valence-electron chi connectivity index (χ3n) is 2.54. The molecule has 2 amide bonds. The number of ether oxygens (including phenoxy) is 1. The molecule has 100 valence electrons. The fourth-order valence-corrected chi connectivity index (χ4v) is 1.49. The van der Waals surface area contributed by atoms with E-state index in [0.29, 0.717) is 6.04 Å². The largest absolute Gasteiger partial charge is 0.385 e. The van der Waals surface area contributed by atoms with Crippen molar-refractivity contribution in [3.63, 3.8) is 0 Å². The maximum Gasteiger partial charge on any atom is 0.318 e. The first-order chi connectivity index (χ1) is 8.65. The predicted molar refractivity (Wildman–Crippen MR) is 74.1 cm³/mol. The summed E-state index contributed by atoms with van der Waals surface area (Å²) >= 11 is 0. The number of rotatable bonds is 6. The van der Waals surface area contributed by atoms with Gasteiger partial charge in [0.25, 0.3) is 0 Å². The molecule has 0 saturated carbocycles. The molecule has 0 aliphatic carbocycles. The Bertz CT molecular complexity index is 365. The van der Waals surface area contributed by atoms with Crippen LogP contribution in [0.3, 0.4) is 0 Å². The third kappa shape index (κ3) is 5.05. The lowest BCUT2D eigenvalue weighted by Crippen LogP contribution is -2.24. The molecule has 0 bridgehead atoms. The molecule has 0 saturated heterocycles. The Morgan fingerprint density at radius 3 is 2.44 bits per heavy atom. The zero-order chi connectivity index (χ0) is 13.4. The second-order valence-electron chi connectivity index (χ2n) is 4.11. The van der Waals surface area contributed by atoms with Gasteiger partial charge in [-0.05, 0) is 37.6 Å². The summed E-state index contributed by atoms with van der Waals surface area (Å²) in [6.07, 6.45) is 0.953. The zero-order valence-corrected chi connectivity index (χ0v) is 11.1. The molecular formula is C13H21N3O2. The highest BCUT2D eigenvalue weighted by molar-refractivity contribution is 5.89. The fraction of sp³-hybridized carbons (Fsp3) is 0.462. The van der Waals surface area contributed by atoms with Gasteiger partial charge in [-0.15, -0.1) is 0 Å². The lowest BCUT2D eigenvalue weighted by molar-refractivity contribution is 0.191. The van der Waals surface area contributed by atoms with Gasteiger partial charge in [-0.1, -0.05) is 0 Å². The van der Waals surface area contributed by atoms with Crippen LogP contribution in [0, 0.1) is 0 Å². The highest BCUT2D eigenvalue weighted by Crippen LogP contribution is 2.14. The lowest BCUT2D eigenvalue weighted by atomic mass is 10.2. The summed E-state index contributed by atoms with van der Waals surface area (Å²) in [6.45, 7) is 2.85. The van der Waals surface area contributed by atoms with Gasteiger partial charge in [-0.3, -0.25) is 0 Å². The van der Waals surface area contributed by atoms with Gasteiger partial charge < -0.3 is 20.7 Å². The molecule has 18 heavy (non-hydrogen) atoms. The number of methoxy groups -OCH3 is 1. The van der Waals surface area contributed by atoms with Crippen LogP contribution in [0.4, 0.5) is 16.2 Å². The van der Waals surface area contributed by atoms with E-state index in [1.54, 1.807) is 14.2 Å². The van der Waals surface area contributed by atoms with Crippen molar-refractivity contribution < 1.29 is 9.53 Å². The summed E-state index contributed by atoms with van der Waals surface area (Å²) in [5.41, 5.74) is 1.80. The van der Waals surface area contributed by atoms with Crippen molar-refractivity contribution in [3.05, 3.63) is 24.3 Å². The Balaban J connectivity index is 2.47. The number of urea groups is 1. The van der Waals surface area contributed by atoms with Gasteiger partial charge in [0, 0.05) is 38.2 Å². The van der Waals surface area contributed by atoms with Gasteiger partial charge in [-0.25, -0.2) is 4.79 Å². The standard InChI is InChI=1S/C13H21N3O2/c1-10(8-9-18-3)15-11-4-6-12(7-5-11)16-13(17)14-2/h4-7,10,15H,8-9H2,1-3H3,(H2,14,16,17). The molecule has 0 heterocycles. The van der Waals surface area contributed by atoms with Gasteiger partial charge in [0.2, 0.25) is 0 Å². The minimum absolute atomic E-state index is 0.218. The molecule has 1 atom stereocenters. The van der Waals surface area contributed by atoms with Crippen molar-refractivity contribution >= 4 is 17.4 Å². The topological polar surface area (TPSA) is 62.4 Å². The normalized spacial score (nSPS) is 11.7. The third-order valence-corrected chi connectivity index (χ3v) is 2.54. The number of amides is 2. The van der Waals surface area contributed by atoms with Crippen molar-refractivity contribution in [2.24, 2.45) is 0 Å². The molecule has 0 radical (unpaired) electrons. The number of anilines is 2. The van der Waals surface area contributed by atoms with Crippen molar-refractivity contribution in [1.29, 1.82) is 0 Å². The molecule has 1 rings (SSSR count). The number of benzene rings is 1. The van der Waals surface area contributed by atoms with Crippen LogP contribution in [0.2, 0.25) is 0 Å². The zero-order valence-electron chi connectivity index (χ0n) is 11.1. The minimum Gasteiger partial charge on any atom is -0.385 e. The smallest absolute Gasteiger partial charge is 0.318 e. The van der Waals surface area contributed by atoms with Crippen LogP contribution < -0.4 is 16.0 Å². The van der Waals surface area contributed by atoms with E-state index in [4.69, 9.17) is 4.74 Å². The van der Waals surface area contributed by atoms with Gasteiger partial charge >= 0.3 is 6.03 Å². The van der Waals surface area contributed by atoms with Gasteiger partial charge in [0.15, 0.2) is 0 Å². The van der Waals surface area contributed by atoms with Crippen molar-refractivity contribution in [2.45, 2.75) is 19.4 Å². The first-order valence-corrected chi connectivity index (χ1v) is 6.00. The highest BCUT2D eigenvalue weighted by atomic mass is 16.5. The summed E-state index contributed by atoms with van der Waals surface area (Å²) in [7, 11) is 3.29. The maximum atomic E-state index is 11.1. The lowest BCUT2D eigenvalue weighted by Gasteiger charge is -2.15. The quantitative estimate of drug-likeness (QED) is 0.727. The van der Waals surface area contributed by atoms with E-state index in [1.807, 2.05) is 24.3 Å². The second-order valence-corrected chi connectivity index (χ2v) is 4.11. The van der Waals surface area contributed by atoms with Crippen molar-refractivity contribution in [1.82, 2.24) is 5.32 Å². The van der Waals surface area contributed by atoms with Crippen LogP contribution in [0.5, 0.6) is 0 Å². The SMILES string of the molecule is CNC(=O)Nc1ccc(NC(C)CCOC)cc1. The van der Waals surface area contributed by atoms with Crippen LogP contribution in [-0.2, 0) is 4.74 Å². The van der Waals surface area contributed by atoms with E-state index in [0.717, 1.165) is 24.4 Å². The molecule has 1 aromatic rings. The molecule has 0 aromatic heterocycles. The molecule has 0 aliphatic rings. The van der Waals surface area contributed by atoms with E-state index in [-0.39, 0.29) is 6.03 Å². The van der Waals surface area contributed by atoms with Crippen molar-refractivity contribution in [3.8, 4) is 0 Å². The summed E-state index contributed by atoms with van der Waals surface area (Å²) in [5, 5.41) is 8.58. The Morgan fingerprint density at radius 1 is 1.28 bits per heavy atom. The average Bonchev–Trinajstić information content (AvgIpc) is 2.38. The molecule has 1 aromatic carbocycles. The number of nitrogens with one attached hydrogen (secondary N) is 3. The maximum absolute atomic E-state index is 11.1. The minimum atomic E-state index is -0.218. The van der Waals surface area contributed by atoms with E-state index in [2.05, 4.69) is 22.9 Å². The summed E-state index contributed by atoms with van der Waals surface area (Å²) in [5.74, 6) is 0. The number of carbonyl (C=O) groups is 1. The number of hydrogen-bond donors (Lipinski definition) is 3. The van der Waals surface area contributed by atoms with Crippen LogP contribution in [-0.4, -0.2) is 32.8 Å². The molecule has 0 spiro atoms. The van der Waals surface area contributed by atoms with E-state index >= 15 is 0 Å². The van der Waals surface area contributed by atoms with E-state index in [9.17, 15) is 4.79 Å². The van der Waals surface area contributed by atoms with Crippen LogP contribution in [0.25, 0.3) is 0 Å². The van der Waals surface area contributed by atoms with Crippen LogP contribution >= 0.6 is 0 Å². The van der Waals surface area contributed by atoms with Crippen LogP contribution in [0.15, 0.2) is 24.3 Å². The van der Waals surface area contributed by atoms with Crippen LogP contribution in [0.1, 0.15) is 13.3 Å². The molecule has 0 aliphatic heterocycles.